The van der Waals surface area contributed by atoms with Gasteiger partial charge in [-0.15, -0.1) is 0 Å². The van der Waals surface area contributed by atoms with Gasteiger partial charge in [0, 0.05) is 17.0 Å². The summed E-state index contributed by atoms with van der Waals surface area (Å²) in [6.45, 7) is 1.99. The van der Waals surface area contributed by atoms with Gasteiger partial charge in [0.2, 0.25) is 5.28 Å². The van der Waals surface area contributed by atoms with E-state index in [2.05, 4.69) is 15.0 Å². The molecule has 3 rings (SSSR count). The number of halogens is 1. The number of hydrogen-bond donors (Lipinski definition) is 0. The van der Waals surface area contributed by atoms with Gasteiger partial charge in [-0.2, -0.15) is 4.98 Å². The average molecular weight is 260 g/mol. The Morgan fingerprint density at radius 3 is 2.72 bits per heavy atom. The molecule has 0 aliphatic heterocycles. The molecule has 0 saturated carbocycles. The van der Waals surface area contributed by atoms with Crippen molar-refractivity contribution in [3.05, 3.63) is 35.2 Å². The van der Waals surface area contributed by atoms with E-state index in [0.717, 1.165) is 27.6 Å². The van der Waals surface area contributed by atoms with E-state index in [1.807, 2.05) is 25.1 Å². The van der Waals surface area contributed by atoms with Crippen LogP contribution in [0.25, 0.3) is 21.9 Å². The first-order valence-electron chi connectivity index (χ1n) is 5.45. The molecule has 0 radical (unpaired) electrons. The first-order chi connectivity index (χ1) is 8.67. The minimum atomic E-state index is 0.209. The van der Waals surface area contributed by atoms with Crippen molar-refractivity contribution in [2.75, 3.05) is 7.11 Å². The van der Waals surface area contributed by atoms with E-state index in [4.69, 9.17) is 16.3 Å². The van der Waals surface area contributed by atoms with E-state index in [0.29, 0.717) is 5.65 Å². The fraction of sp³-hybridized carbons (Fsp3) is 0.154. The highest BCUT2D eigenvalue weighted by Crippen LogP contribution is 2.26. The second-order valence-corrected chi connectivity index (χ2v) is 4.39. The van der Waals surface area contributed by atoms with Crippen molar-refractivity contribution in [1.29, 1.82) is 0 Å². The zero-order valence-corrected chi connectivity index (χ0v) is 10.7. The molecule has 4 nitrogen and oxygen atoms in total. The number of aryl methyl sites for hydroxylation is 1. The molecule has 0 fully saturated rings. The first-order valence-corrected chi connectivity index (χ1v) is 5.83. The Morgan fingerprint density at radius 1 is 1.11 bits per heavy atom. The molecule has 0 aliphatic carbocycles. The maximum atomic E-state index is 5.78. The molecule has 5 heteroatoms. The van der Waals surface area contributed by atoms with Crippen LogP contribution in [0.3, 0.4) is 0 Å². The second-order valence-electron chi connectivity index (χ2n) is 4.06. The summed E-state index contributed by atoms with van der Waals surface area (Å²) in [4.78, 5) is 12.6. The van der Waals surface area contributed by atoms with E-state index in [1.165, 1.54) is 0 Å². The summed E-state index contributed by atoms with van der Waals surface area (Å²) in [5, 5.41) is 2.07. The molecule has 3 aromatic rings. The number of methoxy groups -OCH3 is 1. The SMILES string of the molecule is COc1cc(C)c2nc3nc(Cl)ncc3cc2c1. The number of rotatable bonds is 1. The Morgan fingerprint density at radius 2 is 1.94 bits per heavy atom. The molecule has 0 N–H and O–H groups in total. The number of fused-ring (bicyclic) bond motifs is 2. The fourth-order valence-corrected chi connectivity index (χ4v) is 2.11. The summed E-state index contributed by atoms with van der Waals surface area (Å²) >= 11 is 5.78. The molecule has 2 aromatic heterocycles. The highest BCUT2D eigenvalue weighted by molar-refractivity contribution is 6.28. The number of pyridine rings is 1. The van der Waals surface area contributed by atoms with Gasteiger partial charge < -0.3 is 4.74 Å². The number of hydrogen-bond acceptors (Lipinski definition) is 4. The fourth-order valence-electron chi connectivity index (χ4n) is 1.98. The smallest absolute Gasteiger partial charge is 0.224 e. The summed E-state index contributed by atoms with van der Waals surface area (Å²) < 4.78 is 5.25. The lowest BCUT2D eigenvalue weighted by Crippen LogP contribution is -1.92. The standard InChI is InChI=1S/C13H10ClN3O/c1-7-3-10(18-2)5-8-4-9-6-15-13(14)17-12(9)16-11(7)8/h3-6H,1-2H3. The molecule has 0 unspecified atom stereocenters. The number of aromatic nitrogens is 3. The van der Waals surface area contributed by atoms with Crippen molar-refractivity contribution in [3.8, 4) is 5.75 Å². The summed E-state index contributed by atoms with van der Waals surface area (Å²) in [6.07, 6.45) is 1.67. The average Bonchev–Trinajstić information content (AvgIpc) is 2.37. The lowest BCUT2D eigenvalue weighted by Gasteiger charge is -2.06. The summed E-state index contributed by atoms with van der Waals surface area (Å²) in [5.74, 6) is 0.816. The highest BCUT2D eigenvalue weighted by Gasteiger charge is 2.06. The zero-order chi connectivity index (χ0) is 12.7. The van der Waals surface area contributed by atoms with Gasteiger partial charge in [-0.25, -0.2) is 9.97 Å². The van der Waals surface area contributed by atoms with Gasteiger partial charge in [-0.3, -0.25) is 0 Å². The minimum Gasteiger partial charge on any atom is -0.497 e. The lowest BCUT2D eigenvalue weighted by atomic mass is 10.1. The van der Waals surface area contributed by atoms with E-state index in [-0.39, 0.29) is 5.28 Å². The lowest BCUT2D eigenvalue weighted by molar-refractivity contribution is 0.415. The highest BCUT2D eigenvalue weighted by atomic mass is 35.5. The van der Waals surface area contributed by atoms with Crippen molar-refractivity contribution in [2.45, 2.75) is 6.92 Å². The zero-order valence-electron chi connectivity index (χ0n) is 9.94. The molecule has 90 valence electrons. The van der Waals surface area contributed by atoms with Gasteiger partial charge in [0.1, 0.15) is 5.75 Å². The van der Waals surface area contributed by atoms with Crippen molar-refractivity contribution >= 4 is 33.5 Å². The van der Waals surface area contributed by atoms with Gasteiger partial charge >= 0.3 is 0 Å². The van der Waals surface area contributed by atoms with Crippen LogP contribution in [0.15, 0.2) is 24.4 Å². The molecular weight excluding hydrogens is 250 g/mol. The van der Waals surface area contributed by atoms with Gasteiger partial charge in [0.05, 0.1) is 12.6 Å². The number of nitrogens with zero attached hydrogens (tertiary/aromatic N) is 3. The van der Waals surface area contributed by atoms with Crippen LogP contribution in [0.4, 0.5) is 0 Å². The van der Waals surface area contributed by atoms with E-state index < -0.39 is 0 Å². The molecule has 0 amide bonds. The Labute approximate surface area is 109 Å². The third-order valence-corrected chi connectivity index (χ3v) is 3.02. The normalized spacial score (nSPS) is 11.1. The molecule has 0 aliphatic rings. The Hall–Kier alpha value is -1.94. The van der Waals surface area contributed by atoms with E-state index >= 15 is 0 Å². The second kappa shape index (κ2) is 4.07. The van der Waals surface area contributed by atoms with E-state index in [1.54, 1.807) is 13.3 Å². The molecule has 0 bridgehead atoms. The molecule has 0 spiro atoms. The van der Waals surface area contributed by atoms with Crippen molar-refractivity contribution in [3.63, 3.8) is 0 Å². The predicted octanol–water partition coefficient (Wildman–Crippen LogP) is 3.15. The molecule has 18 heavy (non-hydrogen) atoms. The van der Waals surface area contributed by atoms with Crippen molar-refractivity contribution < 1.29 is 4.74 Å². The van der Waals surface area contributed by atoms with Crippen molar-refractivity contribution in [1.82, 2.24) is 15.0 Å². The van der Waals surface area contributed by atoms with Crippen LogP contribution in [0.1, 0.15) is 5.56 Å². The third kappa shape index (κ3) is 1.75. The summed E-state index contributed by atoms with van der Waals surface area (Å²) in [5.41, 5.74) is 2.55. The first kappa shape index (κ1) is 11.2. The van der Waals surface area contributed by atoms with Gasteiger partial charge in [0.15, 0.2) is 5.65 Å². The third-order valence-electron chi connectivity index (χ3n) is 2.83. The van der Waals surface area contributed by atoms with Crippen LogP contribution in [-0.2, 0) is 0 Å². The summed E-state index contributed by atoms with van der Waals surface area (Å²) in [6, 6.07) is 5.89. The maximum absolute atomic E-state index is 5.78. The predicted molar refractivity (Wildman–Crippen MR) is 71.1 cm³/mol. The Bertz CT molecular complexity index is 758. The number of ether oxygens (including phenoxy) is 1. The quantitative estimate of drug-likeness (QED) is 0.498. The van der Waals surface area contributed by atoms with Gasteiger partial charge in [-0.1, -0.05) is 0 Å². The van der Waals surface area contributed by atoms with Crippen LogP contribution in [0.2, 0.25) is 5.28 Å². The van der Waals surface area contributed by atoms with Crippen molar-refractivity contribution in [2.24, 2.45) is 0 Å². The van der Waals surface area contributed by atoms with Crippen LogP contribution in [-0.4, -0.2) is 22.1 Å². The van der Waals surface area contributed by atoms with Gasteiger partial charge in [0.25, 0.3) is 0 Å². The monoisotopic (exact) mass is 259 g/mol. The van der Waals surface area contributed by atoms with E-state index in [9.17, 15) is 0 Å². The largest absolute Gasteiger partial charge is 0.497 e. The minimum absolute atomic E-state index is 0.209. The molecule has 2 heterocycles. The van der Waals surface area contributed by atoms with Crippen LogP contribution < -0.4 is 4.74 Å². The van der Waals surface area contributed by atoms with Crippen LogP contribution in [0.5, 0.6) is 5.75 Å². The molecule has 0 saturated heterocycles. The van der Waals surface area contributed by atoms with Crippen LogP contribution in [0, 0.1) is 6.92 Å². The Balaban J connectivity index is 2.41. The summed E-state index contributed by atoms with van der Waals surface area (Å²) in [7, 11) is 1.65. The topological polar surface area (TPSA) is 47.9 Å². The molecular formula is C13H10ClN3O. The van der Waals surface area contributed by atoms with Gasteiger partial charge in [-0.05, 0) is 42.3 Å². The molecule has 0 atom stereocenters. The maximum Gasteiger partial charge on any atom is 0.224 e. The molecule has 1 aromatic carbocycles. The Kier molecular flexibility index (Phi) is 2.52. The number of benzene rings is 1. The van der Waals surface area contributed by atoms with Crippen LogP contribution >= 0.6 is 11.6 Å².